The Morgan fingerprint density at radius 2 is 1.85 bits per heavy atom. The second-order valence-electron chi connectivity index (χ2n) is 6.88. The van der Waals surface area contributed by atoms with Crippen molar-refractivity contribution in [3.63, 3.8) is 0 Å². The maximum Gasteiger partial charge on any atom is 0.193 e. The van der Waals surface area contributed by atoms with Crippen LogP contribution in [0.25, 0.3) is 0 Å². The summed E-state index contributed by atoms with van der Waals surface area (Å²) in [6.07, 6.45) is 2.71. The van der Waals surface area contributed by atoms with E-state index in [4.69, 9.17) is 15.2 Å². The van der Waals surface area contributed by atoms with Crippen molar-refractivity contribution < 1.29 is 9.47 Å². The van der Waals surface area contributed by atoms with Crippen LogP contribution in [0, 0.1) is 5.92 Å². The van der Waals surface area contributed by atoms with Crippen LogP contribution in [0.5, 0.6) is 11.5 Å². The second kappa shape index (κ2) is 10.4. The van der Waals surface area contributed by atoms with Crippen molar-refractivity contribution >= 4 is 35.6 Å². The summed E-state index contributed by atoms with van der Waals surface area (Å²) in [5, 5.41) is 3.10. The molecule has 146 valence electrons. The van der Waals surface area contributed by atoms with Crippen molar-refractivity contribution in [1.82, 2.24) is 0 Å². The summed E-state index contributed by atoms with van der Waals surface area (Å²) in [4.78, 5) is 4.44. The number of anilines is 1. The number of nitrogens with two attached hydrogens (primary N) is 1. The van der Waals surface area contributed by atoms with E-state index in [2.05, 4.69) is 10.3 Å². The van der Waals surface area contributed by atoms with Crippen molar-refractivity contribution in [2.45, 2.75) is 39.3 Å². The highest BCUT2D eigenvalue weighted by molar-refractivity contribution is 14.0. The smallest absolute Gasteiger partial charge is 0.193 e. The van der Waals surface area contributed by atoms with E-state index in [1.54, 1.807) is 0 Å². The molecule has 2 aromatic carbocycles. The minimum atomic E-state index is 0. The molecular formula is C21H28IN3O2. The molecule has 0 heterocycles. The largest absolute Gasteiger partial charge is 0.493 e. The lowest BCUT2D eigenvalue weighted by Gasteiger charge is -2.11. The molecule has 0 aromatic heterocycles. The molecule has 1 fully saturated rings. The van der Waals surface area contributed by atoms with E-state index in [-0.39, 0.29) is 30.1 Å². The highest BCUT2D eigenvalue weighted by Gasteiger charge is 2.22. The van der Waals surface area contributed by atoms with Crippen LogP contribution in [0.4, 0.5) is 5.69 Å². The third kappa shape index (κ3) is 7.28. The van der Waals surface area contributed by atoms with Gasteiger partial charge in [0.05, 0.1) is 19.3 Å². The minimum Gasteiger partial charge on any atom is -0.493 e. The van der Waals surface area contributed by atoms with E-state index in [1.807, 2.05) is 62.4 Å². The van der Waals surface area contributed by atoms with Gasteiger partial charge in [-0.1, -0.05) is 18.2 Å². The van der Waals surface area contributed by atoms with Crippen LogP contribution in [-0.2, 0) is 6.54 Å². The number of ether oxygens (including phenoxy) is 2. The molecule has 1 aliphatic carbocycles. The monoisotopic (exact) mass is 481 g/mol. The number of hydrogen-bond donors (Lipinski definition) is 2. The Balaban J connectivity index is 0.00000261. The Morgan fingerprint density at radius 1 is 1.15 bits per heavy atom. The molecule has 27 heavy (non-hydrogen) atoms. The van der Waals surface area contributed by atoms with Crippen molar-refractivity contribution in [3.05, 3.63) is 54.1 Å². The zero-order valence-electron chi connectivity index (χ0n) is 15.9. The summed E-state index contributed by atoms with van der Waals surface area (Å²) in [7, 11) is 0. The Bertz CT molecular complexity index is 743. The van der Waals surface area contributed by atoms with E-state index >= 15 is 0 Å². The molecule has 3 rings (SSSR count). The molecule has 1 saturated carbocycles. The Morgan fingerprint density at radius 3 is 2.52 bits per heavy atom. The molecule has 5 nitrogen and oxygen atoms in total. The fourth-order valence-corrected chi connectivity index (χ4v) is 2.51. The highest BCUT2D eigenvalue weighted by atomic mass is 127. The predicted octanol–water partition coefficient (Wildman–Crippen LogP) is 4.81. The third-order valence-corrected chi connectivity index (χ3v) is 4.06. The van der Waals surface area contributed by atoms with Crippen LogP contribution >= 0.6 is 24.0 Å². The maximum absolute atomic E-state index is 6.02. The van der Waals surface area contributed by atoms with Gasteiger partial charge in [-0.2, -0.15) is 0 Å². The second-order valence-corrected chi connectivity index (χ2v) is 6.88. The molecule has 0 spiro atoms. The van der Waals surface area contributed by atoms with E-state index in [1.165, 1.54) is 12.8 Å². The first-order valence-corrected chi connectivity index (χ1v) is 9.14. The Kier molecular flexibility index (Phi) is 8.22. The number of nitrogens with one attached hydrogen (secondary N) is 1. The van der Waals surface area contributed by atoms with Gasteiger partial charge in [0.15, 0.2) is 5.96 Å². The molecule has 0 atom stereocenters. The standard InChI is InChI=1S/C21H27N3O2.HI/c1-15(2)26-19-11-9-18(10-12-19)24-21(22)23-13-17-5-3-4-6-20(17)25-14-16-7-8-16;/h3-6,9-12,15-16H,7-8,13-14H2,1-2H3,(H3,22,23,24);1H. The summed E-state index contributed by atoms with van der Waals surface area (Å²) in [5.41, 5.74) is 7.94. The van der Waals surface area contributed by atoms with Gasteiger partial charge < -0.3 is 20.5 Å². The molecule has 0 saturated heterocycles. The first-order valence-electron chi connectivity index (χ1n) is 9.14. The quantitative estimate of drug-likeness (QED) is 0.323. The number of hydrogen-bond acceptors (Lipinski definition) is 3. The number of benzene rings is 2. The lowest BCUT2D eigenvalue weighted by Crippen LogP contribution is -2.22. The average Bonchev–Trinajstić information content (AvgIpc) is 3.44. The maximum atomic E-state index is 6.02. The molecule has 1 aliphatic rings. The molecule has 2 aromatic rings. The first kappa shape index (κ1) is 21.3. The van der Waals surface area contributed by atoms with Gasteiger partial charge in [0.25, 0.3) is 0 Å². The molecule has 0 bridgehead atoms. The Labute approximate surface area is 178 Å². The molecule has 0 amide bonds. The van der Waals surface area contributed by atoms with Crippen molar-refractivity contribution in [2.24, 2.45) is 16.6 Å². The molecule has 6 heteroatoms. The van der Waals surface area contributed by atoms with Crippen LogP contribution in [0.3, 0.4) is 0 Å². The van der Waals surface area contributed by atoms with Gasteiger partial charge in [-0.25, -0.2) is 4.99 Å². The van der Waals surface area contributed by atoms with Gasteiger partial charge in [0.1, 0.15) is 11.5 Å². The normalized spacial score (nSPS) is 13.8. The van der Waals surface area contributed by atoms with Crippen LogP contribution in [-0.4, -0.2) is 18.7 Å². The molecule has 0 aliphatic heterocycles. The number of para-hydroxylation sites is 1. The average molecular weight is 481 g/mol. The summed E-state index contributed by atoms with van der Waals surface area (Å²) in [6, 6.07) is 15.7. The zero-order valence-corrected chi connectivity index (χ0v) is 18.2. The molecule has 0 unspecified atom stereocenters. The molecule has 0 radical (unpaired) electrons. The fraction of sp³-hybridized carbons (Fsp3) is 0.381. The Hall–Kier alpha value is -1.96. The van der Waals surface area contributed by atoms with Crippen LogP contribution in [0.1, 0.15) is 32.3 Å². The van der Waals surface area contributed by atoms with Gasteiger partial charge in [-0.05, 0) is 62.9 Å². The fourth-order valence-electron chi connectivity index (χ4n) is 2.51. The van der Waals surface area contributed by atoms with Gasteiger partial charge >= 0.3 is 0 Å². The number of halogens is 1. The van der Waals surface area contributed by atoms with Crippen LogP contribution in [0.15, 0.2) is 53.5 Å². The number of nitrogens with zero attached hydrogens (tertiary/aromatic N) is 1. The van der Waals surface area contributed by atoms with Gasteiger partial charge in [-0.15, -0.1) is 24.0 Å². The topological polar surface area (TPSA) is 68.9 Å². The lowest BCUT2D eigenvalue weighted by atomic mass is 10.2. The summed E-state index contributed by atoms with van der Waals surface area (Å²) in [5.74, 6) is 2.83. The first-order chi connectivity index (χ1) is 12.6. The van der Waals surface area contributed by atoms with Crippen LogP contribution in [0.2, 0.25) is 0 Å². The van der Waals surface area contributed by atoms with Gasteiger partial charge in [0.2, 0.25) is 0 Å². The van der Waals surface area contributed by atoms with Gasteiger partial charge in [-0.3, -0.25) is 0 Å². The van der Waals surface area contributed by atoms with E-state index in [9.17, 15) is 0 Å². The van der Waals surface area contributed by atoms with Crippen LogP contribution < -0.4 is 20.5 Å². The number of guanidine groups is 1. The number of rotatable bonds is 8. The molecule has 3 N–H and O–H groups in total. The lowest BCUT2D eigenvalue weighted by molar-refractivity contribution is 0.242. The summed E-state index contributed by atoms with van der Waals surface area (Å²) < 4.78 is 11.5. The summed E-state index contributed by atoms with van der Waals surface area (Å²) in [6.45, 7) is 5.28. The minimum absolute atomic E-state index is 0. The molecular weight excluding hydrogens is 453 g/mol. The van der Waals surface area contributed by atoms with E-state index in [0.717, 1.165) is 35.3 Å². The number of aliphatic imine (C=N–C) groups is 1. The van der Waals surface area contributed by atoms with E-state index < -0.39 is 0 Å². The predicted molar refractivity (Wildman–Crippen MR) is 121 cm³/mol. The van der Waals surface area contributed by atoms with Crippen molar-refractivity contribution in [1.29, 1.82) is 0 Å². The highest BCUT2D eigenvalue weighted by Crippen LogP contribution is 2.30. The van der Waals surface area contributed by atoms with Crippen molar-refractivity contribution in [2.75, 3.05) is 11.9 Å². The zero-order chi connectivity index (χ0) is 18.4. The SMILES string of the molecule is CC(C)Oc1ccc(NC(N)=NCc2ccccc2OCC2CC2)cc1.I. The third-order valence-electron chi connectivity index (χ3n) is 4.06. The summed E-state index contributed by atoms with van der Waals surface area (Å²) >= 11 is 0. The van der Waals surface area contributed by atoms with E-state index in [0.29, 0.717) is 12.5 Å². The van der Waals surface area contributed by atoms with Crippen molar-refractivity contribution in [3.8, 4) is 11.5 Å². The van der Waals surface area contributed by atoms with Gasteiger partial charge in [0, 0.05) is 11.3 Å².